The molecule has 2 aromatic heterocycles. The van der Waals surface area contributed by atoms with Crippen LogP contribution in [0.1, 0.15) is 52.2 Å². The molecule has 28 heavy (non-hydrogen) atoms. The van der Waals surface area contributed by atoms with Gasteiger partial charge in [-0.15, -0.1) is 16.4 Å². The highest BCUT2D eigenvalue weighted by Gasteiger charge is 2.14. The molecule has 9 nitrogen and oxygen atoms in total. The van der Waals surface area contributed by atoms with Gasteiger partial charge in [0.05, 0.1) is 24.4 Å². The molecule has 2 aromatic rings. The summed E-state index contributed by atoms with van der Waals surface area (Å²) >= 11 is 1.38. The van der Waals surface area contributed by atoms with Crippen molar-refractivity contribution in [3.05, 3.63) is 28.0 Å². The number of aromatic nitrogens is 4. The molecule has 3 heterocycles. The van der Waals surface area contributed by atoms with Crippen LogP contribution in [0.3, 0.4) is 0 Å². The van der Waals surface area contributed by atoms with Gasteiger partial charge < -0.3 is 15.0 Å². The fourth-order valence-electron chi connectivity index (χ4n) is 3.04. The van der Waals surface area contributed by atoms with Crippen LogP contribution >= 0.6 is 11.3 Å². The van der Waals surface area contributed by atoms with Crippen LogP contribution in [0.5, 0.6) is 0 Å². The minimum Gasteiger partial charge on any atom is -0.461 e. The number of rotatable bonds is 9. The standard InChI is InChI=1S/C18H26N6O3S/c1-2-27-18(26)15-13-28-16(20-15)6-7-19-17(25)14-12-24(22-21-14)11-10-23-8-4-3-5-9-23/h12-13H,2-11H2,1H3,(H,19,25). The number of thiazole rings is 1. The molecule has 1 N–H and O–H groups in total. The minimum absolute atomic E-state index is 0.258. The summed E-state index contributed by atoms with van der Waals surface area (Å²) in [6.07, 6.45) is 6.05. The van der Waals surface area contributed by atoms with Gasteiger partial charge in [-0.25, -0.2) is 9.78 Å². The summed E-state index contributed by atoms with van der Waals surface area (Å²) in [5.74, 6) is -0.679. The Morgan fingerprint density at radius 1 is 1.21 bits per heavy atom. The lowest BCUT2D eigenvalue weighted by molar-refractivity contribution is 0.0520. The monoisotopic (exact) mass is 406 g/mol. The third-order valence-corrected chi connectivity index (χ3v) is 5.43. The van der Waals surface area contributed by atoms with E-state index in [0.29, 0.717) is 31.0 Å². The zero-order valence-electron chi connectivity index (χ0n) is 16.1. The summed E-state index contributed by atoms with van der Waals surface area (Å²) in [5.41, 5.74) is 0.620. The van der Waals surface area contributed by atoms with E-state index in [0.717, 1.165) is 31.2 Å². The molecular formula is C18H26N6O3S. The Morgan fingerprint density at radius 3 is 2.82 bits per heavy atom. The third kappa shape index (κ3) is 5.83. The number of esters is 1. The number of ether oxygens (including phenoxy) is 1. The predicted octanol–water partition coefficient (Wildman–Crippen LogP) is 1.37. The van der Waals surface area contributed by atoms with E-state index in [9.17, 15) is 9.59 Å². The fraction of sp³-hybridized carbons (Fsp3) is 0.611. The van der Waals surface area contributed by atoms with Crippen molar-refractivity contribution in [1.29, 1.82) is 0 Å². The van der Waals surface area contributed by atoms with Crippen LogP contribution in [0.2, 0.25) is 0 Å². The average molecular weight is 407 g/mol. The second kappa shape index (κ2) is 10.3. The van der Waals surface area contributed by atoms with Gasteiger partial charge in [-0.3, -0.25) is 9.48 Å². The van der Waals surface area contributed by atoms with Crippen molar-refractivity contribution in [2.75, 3.05) is 32.8 Å². The summed E-state index contributed by atoms with van der Waals surface area (Å²) in [6.45, 7) is 6.42. The second-order valence-electron chi connectivity index (χ2n) is 6.62. The van der Waals surface area contributed by atoms with Gasteiger partial charge in [0.25, 0.3) is 5.91 Å². The van der Waals surface area contributed by atoms with E-state index in [4.69, 9.17) is 4.74 Å². The smallest absolute Gasteiger partial charge is 0.357 e. The highest BCUT2D eigenvalue weighted by molar-refractivity contribution is 7.09. The largest absolute Gasteiger partial charge is 0.461 e. The van der Waals surface area contributed by atoms with Gasteiger partial charge in [0.1, 0.15) is 0 Å². The second-order valence-corrected chi connectivity index (χ2v) is 7.56. The third-order valence-electron chi connectivity index (χ3n) is 4.53. The molecule has 0 radical (unpaired) electrons. The lowest BCUT2D eigenvalue weighted by Crippen LogP contribution is -2.32. The van der Waals surface area contributed by atoms with E-state index in [2.05, 4.69) is 25.5 Å². The Hall–Kier alpha value is -2.33. The molecule has 0 aliphatic carbocycles. The van der Waals surface area contributed by atoms with Crippen LogP contribution in [-0.2, 0) is 17.7 Å². The zero-order valence-corrected chi connectivity index (χ0v) is 16.9. The highest BCUT2D eigenvalue weighted by atomic mass is 32.1. The molecule has 1 saturated heterocycles. The number of nitrogens with one attached hydrogen (secondary N) is 1. The summed E-state index contributed by atoms with van der Waals surface area (Å²) in [7, 11) is 0. The van der Waals surface area contributed by atoms with Crippen molar-refractivity contribution >= 4 is 23.2 Å². The van der Waals surface area contributed by atoms with Gasteiger partial charge in [-0.2, -0.15) is 0 Å². The molecule has 152 valence electrons. The molecule has 1 aliphatic heterocycles. The first kappa shape index (κ1) is 20.4. The van der Waals surface area contributed by atoms with Crippen molar-refractivity contribution in [2.45, 2.75) is 39.2 Å². The molecule has 0 atom stereocenters. The van der Waals surface area contributed by atoms with E-state index < -0.39 is 5.97 Å². The Bertz CT molecular complexity index is 784. The van der Waals surface area contributed by atoms with Gasteiger partial charge in [0.15, 0.2) is 11.4 Å². The van der Waals surface area contributed by atoms with Crippen LogP contribution in [0.4, 0.5) is 0 Å². The number of hydrogen-bond acceptors (Lipinski definition) is 8. The summed E-state index contributed by atoms with van der Waals surface area (Å²) in [6, 6.07) is 0. The molecule has 1 fully saturated rings. The Kier molecular flexibility index (Phi) is 7.49. The molecular weight excluding hydrogens is 380 g/mol. The number of carbonyl (C=O) groups is 2. The van der Waals surface area contributed by atoms with E-state index in [1.807, 2.05) is 0 Å². The maximum atomic E-state index is 12.2. The van der Waals surface area contributed by atoms with Crippen LogP contribution < -0.4 is 5.32 Å². The van der Waals surface area contributed by atoms with Crippen LogP contribution in [0.25, 0.3) is 0 Å². The topological polar surface area (TPSA) is 102 Å². The molecule has 10 heteroatoms. The summed E-state index contributed by atoms with van der Waals surface area (Å²) in [5, 5.41) is 13.3. The molecule has 0 spiro atoms. The Labute approximate surface area is 168 Å². The molecule has 0 unspecified atom stereocenters. The fourth-order valence-corrected chi connectivity index (χ4v) is 3.80. The van der Waals surface area contributed by atoms with Crippen molar-refractivity contribution in [1.82, 2.24) is 30.2 Å². The zero-order chi connectivity index (χ0) is 19.8. The first-order valence-corrected chi connectivity index (χ1v) is 10.6. The first-order valence-electron chi connectivity index (χ1n) is 9.68. The normalized spacial score (nSPS) is 14.8. The SMILES string of the molecule is CCOC(=O)c1csc(CCNC(=O)c2cn(CCN3CCCCC3)nn2)n1. The van der Waals surface area contributed by atoms with Gasteiger partial charge >= 0.3 is 5.97 Å². The van der Waals surface area contributed by atoms with Crippen LogP contribution in [0, 0.1) is 0 Å². The number of hydrogen-bond donors (Lipinski definition) is 1. The molecule has 0 bridgehead atoms. The number of likely N-dealkylation sites (tertiary alicyclic amines) is 1. The molecule has 3 rings (SSSR count). The van der Waals surface area contributed by atoms with Gasteiger partial charge in [0, 0.05) is 24.9 Å². The summed E-state index contributed by atoms with van der Waals surface area (Å²) < 4.78 is 6.64. The highest BCUT2D eigenvalue weighted by Crippen LogP contribution is 2.11. The maximum Gasteiger partial charge on any atom is 0.357 e. The lowest BCUT2D eigenvalue weighted by Gasteiger charge is -2.25. The quantitative estimate of drug-likeness (QED) is 0.628. The number of amides is 1. The Balaban J connectivity index is 1.40. The minimum atomic E-state index is -0.421. The van der Waals surface area contributed by atoms with E-state index in [1.54, 1.807) is 23.2 Å². The molecule has 1 amide bonds. The van der Waals surface area contributed by atoms with Crippen molar-refractivity contribution in [3.63, 3.8) is 0 Å². The predicted molar refractivity (Wildman–Crippen MR) is 104 cm³/mol. The molecule has 0 saturated carbocycles. The maximum absolute atomic E-state index is 12.2. The van der Waals surface area contributed by atoms with Gasteiger partial charge in [0.2, 0.25) is 0 Å². The number of nitrogens with zero attached hydrogens (tertiary/aromatic N) is 5. The van der Waals surface area contributed by atoms with E-state index >= 15 is 0 Å². The molecule has 0 aromatic carbocycles. The Morgan fingerprint density at radius 2 is 2.04 bits per heavy atom. The van der Waals surface area contributed by atoms with Gasteiger partial charge in [-0.05, 0) is 32.9 Å². The molecule has 1 aliphatic rings. The number of piperidine rings is 1. The average Bonchev–Trinajstić information content (AvgIpc) is 3.37. The van der Waals surface area contributed by atoms with E-state index in [-0.39, 0.29) is 5.91 Å². The lowest BCUT2D eigenvalue weighted by atomic mass is 10.1. The van der Waals surface area contributed by atoms with Crippen LogP contribution in [0.15, 0.2) is 11.6 Å². The first-order chi connectivity index (χ1) is 13.7. The van der Waals surface area contributed by atoms with Crippen molar-refractivity contribution < 1.29 is 14.3 Å². The van der Waals surface area contributed by atoms with E-state index in [1.165, 1.54) is 30.6 Å². The summed E-state index contributed by atoms with van der Waals surface area (Å²) in [4.78, 5) is 30.5. The van der Waals surface area contributed by atoms with Crippen molar-refractivity contribution in [2.24, 2.45) is 0 Å². The van der Waals surface area contributed by atoms with Crippen molar-refractivity contribution in [3.8, 4) is 0 Å². The van der Waals surface area contributed by atoms with Crippen LogP contribution in [-0.4, -0.2) is 69.5 Å². The van der Waals surface area contributed by atoms with Gasteiger partial charge in [-0.1, -0.05) is 11.6 Å². The number of carbonyl (C=O) groups excluding carboxylic acids is 2.